The Morgan fingerprint density at radius 1 is 1.78 bits per heavy atom. The highest BCUT2D eigenvalue weighted by Gasteiger charge is 2.00. The molecule has 0 aromatic carbocycles. The van der Waals surface area contributed by atoms with E-state index < -0.39 is 6.16 Å². The molecule has 52 valence electrons. The second kappa shape index (κ2) is 5.07. The van der Waals surface area contributed by atoms with Crippen molar-refractivity contribution in [2.45, 2.75) is 0 Å². The van der Waals surface area contributed by atoms with E-state index in [-0.39, 0.29) is 6.61 Å². The highest BCUT2D eigenvalue weighted by molar-refractivity contribution is 5.57. The fourth-order valence-corrected chi connectivity index (χ4v) is 0.145. The molecule has 0 saturated carbocycles. The Morgan fingerprint density at radius 3 is 2.89 bits per heavy atom. The van der Waals surface area contributed by atoms with Gasteiger partial charge in [-0.25, -0.2) is 0 Å². The first kappa shape index (κ1) is 7.93. The fourth-order valence-electron chi connectivity index (χ4n) is 0.145. The lowest BCUT2D eigenvalue weighted by Gasteiger charge is -1.94. The topological polar surface area (TPSA) is 65.0 Å². The largest absolute Gasteiger partial charge is 0.572 e. The van der Waals surface area contributed by atoms with Gasteiger partial charge in [-0.3, -0.25) is 9.78 Å². The van der Waals surface area contributed by atoms with Crippen molar-refractivity contribution in [3.05, 3.63) is 12.7 Å². The number of hydrogen-bond acceptors (Lipinski definition) is 5. The average molecular weight is 134 g/mol. The highest BCUT2D eigenvalue weighted by atomic mass is 17.3. The molecule has 0 fully saturated rings. The lowest BCUT2D eigenvalue weighted by molar-refractivity contribution is -0.294. The van der Waals surface area contributed by atoms with Gasteiger partial charge in [0.05, 0.1) is 0 Å². The number of rotatable bonds is 3. The van der Waals surface area contributed by atoms with Gasteiger partial charge in [-0.05, 0) is 0 Å². The van der Waals surface area contributed by atoms with Crippen LogP contribution in [-0.2, 0) is 14.7 Å². The van der Waals surface area contributed by atoms with E-state index in [1.165, 1.54) is 6.08 Å². The lowest BCUT2D eigenvalue weighted by atomic mass is 10.7. The summed E-state index contributed by atoms with van der Waals surface area (Å²) in [6, 6.07) is 0. The van der Waals surface area contributed by atoms with Crippen LogP contribution in [0.3, 0.4) is 0 Å². The van der Waals surface area contributed by atoms with Gasteiger partial charge in [0.2, 0.25) is 0 Å². The van der Waals surface area contributed by atoms with Gasteiger partial charge in [0, 0.05) is 0 Å². The molecule has 0 atom stereocenters. The van der Waals surface area contributed by atoms with Gasteiger partial charge in [0.1, 0.15) is 6.61 Å². The second-order valence-corrected chi connectivity index (χ2v) is 0.998. The first-order valence-corrected chi connectivity index (χ1v) is 2.07. The molecule has 5 nitrogen and oxygen atoms in total. The molecule has 0 aromatic rings. The van der Waals surface area contributed by atoms with Gasteiger partial charge >= 0.3 is 6.16 Å². The Bertz CT molecular complexity index is 99.1. The smallest absolute Gasteiger partial charge is 0.260 e. The SMILES string of the molecule is C=CCOOC(=O)OO. The van der Waals surface area contributed by atoms with Crippen LogP contribution in [0, 0.1) is 0 Å². The van der Waals surface area contributed by atoms with Crippen molar-refractivity contribution >= 4 is 6.16 Å². The summed E-state index contributed by atoms with van der Waals surface area (Å²) in [6.07, 6.45) is 0.0573. The molecule has 0 amide bonds. The van der Waals surface area contributed by atoms with Crippen molar-refractivity contribution < 1.29 is 24.7 Å². The molecular formula is C4H6O5. The van der Waals surface area contributed by atoms with Crippen LogP contribution in [0.4, 0.5) is 4.79 Å². The minimum Gasteiger partial charge on any atom is -0.260 e. The Hall–Kier alpha value is -1.07. The minimum atomic E-state index is -1.31. The molecule has 0 aliphatic carbocycles. The molecule has 0 bridgehead atoms. The Kier molecular flexibility index (Phi) is 4.47. The number of hydrogen-bond donors (Lipinski definition) is 1. The van der Waals surface area contributed by atoms with Crippen LogP contribution >= 0.6 is 0 Å². The zero-order valence-corrected chi connectivity index (χ0v) is 4.57. The number of carbonyl (C=O) groups excluding carboxylic acids is 1. The molecule has 5 heteroatoms. The maximum Gasteiger partial charge on any atom is 0.572 e. The zero-order valence-electron chi connectivity index (χ0n) is 4.57. The molecule has 0 radical (unpaired) electrons. The normalized spacial score (nSPS) is 8.11. The molecule has 0 unspecified atom stereocenters. The third-order valence-electron chi connectivity index (χ3n) is 0.387. The third-order valence-corrected chi connectivity index (χ3v) is 0.387. The minimum absolute atomic E-state index is 0.0507. The van der Waals surface area contributed by atoms with Crippen molar-refractivity contribution in [3.8, 4) is 0 Å². The van der Waals surface area contributed by atoms with E-state index in [9.17, 15) is 4.79 Å². The van der Waals surface area contributed by atoms with Crippen LogP contribution in [-0.4, -0.2) is 18.0 Å². The summed E-state index contributed by atoms with van der Waals surface area (Å²) in [4.78, 5) is 20.7. The monoisotopic (exact) mass is 134 g/mol. The van der Waals surface area contributed by atoms with Crippen LogP contribution in [0.5, 0.6) is 0 Å². The third kappa shape index (κ3) is 4.79. The van der Waals surface area contributed by atoms with Crippen LogP contribution in [0.25, 0.3) is 0 Å². The maximum absolute atomic E-state index is 9.83. The van der Waals surface area contributed by atoms with E-state index in [0.29, 0.717) is 0 Å². The van der Waals surface area contributed by atoms with E-state index in [4.69, 9.17) is 5.26 Å². The summed E-state index contributed by atoms with van der Waals surface area (Å²) in [7, 11) is 0. The van der Waals surface area contributed by atoms with E-state index in [0.717, 1.165) is 0 Å². The van der Waals surface area contributed by atoms with Crippen molar-refractivity contribution in [3.63, 3.8) is 0 Å². The summed E-state index contributed by atoms with van der Waals surface area (Å²) in [5, 5.41) is 7.55. The van der Waals surface area contributed by atoms with Gasteiger partial charge < -0.3 is 0 Å². The molecule has 0 aliphatic rings. The predicted molar refractivity (Wildman–Crippen MR) is 26.3 cm³/mol. The van der Waals surface area contributed by atoms with Gasteiger partial charge in [-0.1, -0.05) is 6.08 Å². The van der Waals surface area contributed by atoms with Crippen LogP contribution < -0.4 is 0 Å². The second-order valence-electron chi connectivity index (χ2n) is 0.998. The van der Waals surface area contributed by atoms with Crippen molar-refractivity contribution in [2.24, 2.45) is 0 Å². The fraction of sp³-hybridized carbons (Fsp3) is 0.250. The summed E-state index contributed by atoms with van der Waals surface area (Å²) in [6.45, 7) is 3.31. The Labute approximate surface area is 51.3 Å². The molecule has 0 spiro atoms. The summed E-state index contributed by atoms with van der Waals surface area (Å²) < 4.78 is 0. The van der Waals surface area contributed by atoms with E-state index in [2.05, 4.69) is 21.2 Å². The van der Waals surface area contributed by atoms with Gasteiger partial charge in [-0.15, -0.1) is 6.58 Å². The zero-order chi connectivity index (χ0) is 7.11. The molecule has 0 aliphatic heterocycles. The quantitative estimate of drug-likeness (QED) is 0.267. The van der Waals surface area contributed by atoms with E-state index in [1.54, 1.807) is 0 Å². The first-order chi connectivity index (χ1) is 4.31. The van der Waals surface area contributed by atoms with Crippen LogP contribution in [0.2, 0.25) is 0 Å². The summed E-state index contributed by atoms with van der Waals surface area (Å²) >= 11 is 0. The molecule has 0 aromatic heterocycles. The molecule has 1 N–H and O–H groups in total. The van der Waals surface area contributed by atoms with E-state index in [1.807, 2.05) is 0 Å². The maximum atomic E-state index is 9.83. The Balaban J connectivity index is 3.06. The standard InChI is InChI=1S/C4H6O5/c1-2-3-7-9-4(5)8-6/h2,6H,1,3H2. The molecule has 0 rings (SSSR count). The predicted octanol–water partition coefficient (Wildman–Crippen LogP) is 0.730. The molecular weight excluding hydrogens is 128 g/mol. The summed E-state index contributed by atoms with van der Waals surface area (Å²) in [5.41, 5.74) is 0. The summed E-state index contributed by atoms with van der Waals surface area (Å²) in [5.74, 6) is 0. The molecule has 0 heterocycles. The van der Waals surface area contributed by atoms with E-state index >= 15 is 0 Å². The number of carbonyl (C=O) groups is 1. The average Bonchev–Trinajstić information content (AvgIpc) is 1.89. The van der Waals surface area contributed by atoms with Crippen LogP contribution in [0.15, 0.2) is 12.7 Å². The molecule has 0 saturated heterocycles. The first-order valence-electron chi connectivity index (χ1n) is 2.07. The van der Waals surface area contributed by atoms with Gasteiger partial charge in [-0.2, -0.15) is 14.9 Å². The van der Waals surface area contributed by atoms with Crippen molar-refractivity contribution in [1.82, 2.24) is 0 Å². The molecule has 9 heavy (non-hydrogen) atoms. The van der Waals surface area contributed by atoms with Gasteiger partial charge in [0.15, 0.2) is 0 Å². The van der Waals surface area contributed by atoms with Crippen molar-refractivity contribution in [1.29, 1.82) is 0 Å². The van der Waals surface area contributed by atoms with Gasteiger partial charge in [0.25, 0.3) is 0 Å². The van der Waals surface area contributed by atoms with Crippen LogP contribution in [0.1, 0.15) is 0 Å². The van der Waals surface area contributed by atoms with Crippen molar-refractivity contribution in [2.75, 3.05) is 6.61 Å². The highest BCUT2D eigenvalue weighted by Crippen LogP contribution is 1.82. The Morgan fingerprint density at radius 2 is 2.44 bits per heavy atom. The lowest BCUT2D eigenvalue weighted by Crippen LogP contribution is -2.04.